The maximum atomic E-state index is 12.5. The molecule has 1 aromatic heterocycles. The lowest BCUT2D eigenvalue weighted by Gasteiger charge is -2.16. The number of benzene rings is 2. The fourth-order valence-corrected chi connectivity index (χ4v) is 3.49. The number of fused-ring (bicyclic) bond motifs is 1. The van der Waals surface area contributed by atoms with Crippen LogP contribution < -0.4 is 10.2 Å². The van der Waals surface area contributed by atoms with Gasteiger partial charge in [0.05, 0.1) is 5.92 Å². The highest BCUT2D eigenvalue weighted by molar-refractivity contribution is 6.01. The van der Waals surface area contributed by atoms with Gasteiger partial charge in [0.2, 0.25) is 11.8 Å². The Morgan fingerprint density at radius 3 is 2.93 bits per heavy atom. The highest BCUT2D eigenvalue weighted by Crippen LogP contribution is 2.28. The van der Waals surface area contributed by atoms with Crippen LogP contribution >= 0.6 is 0 Å². The van der Waals surface area contributed by atoms with Crippen LogP contribution in [0.5, 0.6) is 0 Å². The van der Waals surface area contributed by atoms with Gasteiger partial charge in [-0.25, -0.2) is 4.98 Å². The first kappa shape index (κ1) is 17.3. The summed E-state index contributed by atoms with van der Waals surface area (Å²) in [5, 5.41) is 2.95. The van der Waals surface area contributed by atoms with Gasteiger partial charge < -0.3 is 14.6 Å². The Kier molecular flexibility index (Phi) is 4.39. The van der Waals surface area contributed by atoms with E-state index in [1.807, 2.05) is 49.4 Å². The van der Waals surface area contributed by atoms with Crippen molar-refractivity contribution in [1.29, 1.82) is 0 Å². The molecule has 4 rings (SSSR count). The molecule has 1 saturated heterocycles. The van der Waals surface area contributed by atoms with E-state index in [9.17, 15) is 9.59 Å². The Balaban J connectivity index is 1.43. The van der Waals surface area contributed by atoms with Gasteiger partial charge in [0.25, 0.3) is 0 Å². The molecule has 138 valence electrons. The number of aryl methyl sites for hydroxylation is 2. The maximum Gasteiger partial charge on any atom is 0.227 e. The number of nitrogens with one attached hydrogen (secondary N) is 1. The fraction of sp³-hybridized carbons (Fsp3) is 0.286. The van der Waals surface area contributed by atoms with E-state index in [-0.39, 0.29) is 24.2 Å². The molecule has 0 saturated carbocycles. The zero-order valence-corrected chi connectivity index (χ0v) is 15.4. The molecule has 6 heteroatoms. The van der Waals surface area contributed by atoms with Crippen LogP contribution in [-0.4, -0.2) is 23.3 Å². The zero-order valence-electron chi connectivity index (χ0n) is 15.4. The average molecular weight is 363 g/mol. The van der Waals surface area contributed by atoms with Gasteiger partial charge in [0.1, 0.15) is 5.52 Å². The summed E-state index contributed by atoms with van der Waals surface area (Å²) in [5.41, 5.74) is 4.36. The third kappa shape index (κ3) is 3.56. The summed E-state index contributed by atoms with van der Waals surface area (Å²) in [6.07, 6.45) is 0.218. The lowest BCUT2D eigenvalue weighted by molar-refractivity contribution is -0.126. The third-order valence-electron chi connectivity index (χ3n) is 4.83. The van der Waals surface area contributed by atoms with E-state index in [1.165, 1.54) is 0 Å². The molecule has 1 aliphatic rings. The third-order valence-corrected chi connectivity index (χ3v) is 4.83. The summed E-state index contributed by atoms with van der Waals surface area (Å²) < 4.78 is 5.48. The number of nitrogens with zero attached hydrogens (tertiary/aromatic N) is 2. The topological polar surface area (TPSA) is 75.4 Å². The van der Waals surface area contributed by atoms with Crippen molar-refractivity contribution in [1.82, 2.24) is 10.3 Å². The minimum absolute atomic E-state index is 0.0507. The summed E-state index contributed by atoms with van der Waals surface area (Å²) in [7, 11) is 0. The standard InChI is InChI=1S/C21H21N3O3/c1-13-4-3-5-15(8-13)11-22-21(26)16-9-20(25)24(12-16)17-6-7-19-18(10-17)23-14(2)27-19/h3-8,10,16H,9,11-12H2,1-2H3,(H,22,26)/t16-/m0/s1. The average Bonchev–Trinajstić information content (AvgIpc) is 3.20. The number of hydrogen-bond donors (Lipinski definition) is 1. The predicted octanol–water partition coefficient (Wildman–Crippen LogP) is 3.11. The van der Waals surface area contributed by atoms with Gasteiger partial charge in [0, 0.05) is 32.1 Å². The molecule has 1 fully saturated rings. The molecule has 27 heavy (non-hydrogen) atoms. The molecule has 0 spiro atoms. The zero-order chi connectivity index (χ0) is 19.0. The molecular weight excluding hydrogens is 342 g/mol. The summed E-state index contributed by atoms with van der Waals surface area (Å²) >= 11 is 0. The largest absolute Gasteiger partial charge is 0.441 e. The van der Waals surface area contributed by atoms with Crippen LogP contribution in [0.4, 0.5) is 5.69 Å². The Bertz CT molecular complexity index is 1020. The Hall–Kier alpha value is -3.15. The molecule has 0 radical (unpaired) electrons. The predicted molar refractivity (Wildman–Crippen MR) is 102 cm³/mol. The van der Waals surface area contributed by atoms with Gasteiger partial charge in [0.15, 0.2) is 11.5 Å². The van der Waals surface area contributed by atoms with E-state index in [0.717, 1.165) is 16.8 Å². The van der Waals surface area contributed by atoms with E-state index >= 15 is 0 Å². The van der Waals surface area contributed by atoms with Crippen LogP contribution in [0, 0.1) is 19.8 Å². The molecule has 0 bridgehead atoms. The molecule has 1 aliphatic heterocycles. The first-order valence-electron chi connectivity index (χ1n) is 9.00. The van der Waals surface area contributed by atoms with Crippen molar-refractivity contribution in [2.24, 2.45) is 5.92 Å². The second-order valence-electron chi connectivity index (χ2n) is 7.00. The van der Waals surface area contributed by atoms with Crippen molar-refractivity contribution in [3.63, 3.8) is 0 Å². The van der Waals surface area contributed by atoms with Crippen LogP contribution in [0.3, 0.4) is 0 Å². The maximum absolute atomic E-state index is 12.5. The number of anilines is 1. The molecule has 2 heterocycles. The van der Waals surface area contributed by atoms with Crippen molar-refractivity contribution in [2.45, 2.75) is 26.8 Å². The lowest BCUT2D eigenvalue weighted by Crippen LogP contribution is -2.32. The van der Waals surface area contributed by atoms with E-state index in [0.29, 0.717) is 30.1 Å². The van der Waals surface area contributed by atoms with Gasteiger partial charge in [-0.15, -0.1) is 0 Å². The second-order valence-corrected chi connectivity index (χ2v) is 7.00. The van der Waals surface area contributed by atoms with Gasteiger partial charge >= 0.3 is 0 Å². The highest BCUT2D eigenvalue weighted by Gasteiger charge is 2.35. The van der Waals surface area contributed by atoms with Crippen molar-refractivity contribution in [2.75, 3.05) is 11.4 Å². The summed E-state index contributed by atoms with van der Waals surface area (Å²) in [5.74, 6) is 0.0938. The van der Waals surface area contributed by atoms with Crippen LogP contribution in [0.15, 0.2) is 46.9 Å². The number of carbonyl (C=O) groups excluding carboxylic acids is 2. The molecule has 2 aromatic carbocycles. The Morgan fingerprint density at radius 1 is 1.26 bits per heavy atom. The van der Waals surface area contributed by atoms with Crippen LogP contribution in [0.1, 0.15) is 23.4 Å². The number of rotatable bonds is 4. The first-order chi connectivity index (χ1) is 13.0. The van der Waals surface area contributed by atoms with Crippen LogP contribution in [-0.2, 0) is 16.1 Å². The summed E-state index contributed by atoms with van der Waals surface area (Å²) in [4.78, 5) is 30.9. The number of oxazole rings is 1. The highest BCUT2D eigenvalue weighted by atomic mass is 16.3. The van der Waals surface area contributed by atoms with E-state index < -0.39 is 0 Å². The minimum Gasteiger partial charge on any atom is -0.441 e. The van der Waals surface area contributed by atoms with E-state index in [1.54, 1.807) is 11.8 Å². The number of aromatic nitrogens is 1. The monoisotopic (exact) mass is 363 g/mol. The molecule has 0 aliphatic carbocycles. The summed E-state index contributed by atoms with van der Waals surface area (Å²) in [6, 6.07) is 13.5. The van der Waals surface area contributed by atoms with E-state index in [2.05, 4.69) is 10.3 Å². The molecule has 1 N–H and O–H groups in total. The fourth-order valence-electron chi connectivity index (χ4n) is 3.49. The van der Waals surface area contributed by atoms with Crippen molar-refractivity contribution >= 4 is 28.6 Å². The molecular formula is C21H21N3O3. The van der Waals surface area contributed by atoms with Gasteiger partial charge in [-0.05, 0) is 30.7 Å². The number of carbonyl (C=O) groups is 2. The second kappa shape index (κ2) is 6.87. The van der Waals surface area contributed by atoms with Crippen molar-refractivity contribution in [3.8, 4) is 0 Å². The van der Waals surface area contributed by atoms with Gasteiger partial charge in [-0.2, -0.15) is 0 Å². The smallest absolute Gasteiger partial charge is 0.227 e. The normalized spacial score (nSPS) is 16.9. The van der Waals surface area contributed by atoms with Crippen molar-refractivity contribution < 1.29 is 14.0 Å². The first-order valence-corrected chi connectivity index (χ1v) is 9.00. The minimum atomic E-state index is -0.350. The Labute approximate surface area is 157 Å². The van der Waals surface area contributed by atoms with Gasteiger partial charge in [-0.1, -0.05) is 29.8 Å². The lowest BCUT2D eigenvalue weighted by atomic mass is 10.1. The number of hydrogen-bond acceptors (Lipinski definition) is 4. The molecule has 3 aromatic rings. The molecule has 1 atom stereocenters. The number of amides is 2. The van der Waals surface area contributed by atoms with Crippen LogP contribution in [0.25, 0.3) is 11.1 Å². The summed E-state index contributed by atoms with van der Waals surface area (Å²) in [6.45, 7) is 4.65. The van der Waals surface area contributed by atoms with E-state index in [4.69, 9.17) is 4.42 Å². The van der Waals surface area contributed by atoms with Crippen molar-refractivity contribution in [3.05, 3.63) is 59.5 Å². The van der Waals surface area contributed by atoms with Crippen LogP contribution in [0.2, 0.25) is 0 Å². The van der Waals surface area contributed by atoms with Gasteiger partial charge in [-0.3, -0.25) is 9.59 Å². The quantitative estimate of drug-likeness (QED) is 0.773. The molecule has 2 amide bonds. The SMILES string of the molecule is Cc1cccc(CNC(=O)[C@H]2CC(=O)N(c3ccc4oc(C)nc4c3)C2)c1. The Morgan fingerprint density at radius 2 is 2.11 bits per heavy atom. The molecule has 6 nitrogen and oxygen atoms in total. The molecule has 0 unspecified atom stereocenters.